The fraction of sp³-hybridized carbons (Fsp3) is 0.263. The quantitative estimate of drug-likeness (QED) is 0.758. The number of benzene rings is 2. The molecule has 2 rings (SSSR count). The van der Waals surface area contributed by atoms with Crippen LogP contribution in [0.4, 0.5) is 17.1 Å². The normalized spacial score (nSPS) is 10.1. The average Bonchev–Trinajstić information content (AvgIpc) is 2.51. The van der Waals surface area contributed by atoms with E-state index in [1.54, 1.807) is 24.3 Å². The summed E-state index contributed by atoms with van der Waals surface area (Å²) in [6.45, 7) is 6.13. The highest BCUT2D eigenvalue weighted by atomic mass is 16.2. The molecule has 0 atom stereocenters. The summed E-state index contributed by atoms with van der Waals surface area (Å²) in [4.78, 5) is 23.1. The SMILES string of the molecule is CC(=O)Nc1cccc(NC(=O)CCNc2cccc(C)c2C)c1. The molecule has 0 radical (unpaired) electrons. The molecule has 5 heteroatoms. The molecule has 3 N–H and O–H groups in total. The van der Waals surface area contributed by atoms with E-state index in [9.17, 15) is 9.59 Å². The number of carbonyl (C=O) groups is 2. The Hall–Kier alpha value is -2.82. The molecular weight excluding hydrogens is 302 g/mol. The van der Waals surface area contributed by atoms with Crippen LogP contribution in [0.15, 0.2) is 42.5 Å². The highest BCUT2D eigenvalue weighted by molar-refractivity contribution is 5.93. The molecule has 0 fully saturated rings. The molecule has 0 saturated heterocycles. The van der Waals surface area contributed by atoms with Crippen LogP contribution >= 0.6 is 0 Å². The van der Waals surface area contributed by atoms with E-state index in [4.69, 9.17) is 0 Å². The Kier molecular flexibility index (Phi) is 5.95. The van der Waals surface area contributed by atoms with E-state index < -0.39 is 0 Å². The zero-order valence-corrected chi connectivity index (χ0v) is 14.3. The van der Waals surface area contributed by atoms with Crippen molar-refractivity contribution in [3.05, 3.63) is 53.6 Å². The van der Waals surface area contributed by atoms with Crippen molar-refractivity contribution in [2.45, 2.75) is 27.2 Å². The van der Waals surface area contributed by atoms with Gasteiger partial charge in [-0.25, -0.2) is 0 Å². The molecule has 0 aromatic heterocycles. The third-order valence-corrected chi connectivity index (χ3v) is 3.74. The van der Waals surface area contributed by atoms with Gasteiger partial charge in [-0.15, -0.1) is 0 Å². The lowest BCUT2D eigenvalue weighted by Gasteiger charge is -2.12. The first-order valence-electron chi connectivity index (χ1n) is 7.93. The van der Waals surface area contributed by atoms with E-state index in [2.05, 4.69) is 35.9 Å². The van der Waals surface area contributed by atoms with Gasteiger partial charge in [-0.2, -0.15) is 0 Å². The highest BCUT2D eigenvalue weighted by Crippen LogP contribution is 2.18. The predicted octanol–water partition coefficient (Wildman–Crippen LogP) is 3.70. The van der Waals surface area contributed by atoms with Crippen LogP contribution in [0.5, 0.6) is 0 Å². The second-order valence-corrected chi connectivity index (χ2v) is 5.73. The summed E-state index contributed by atoms with van der Waals surface area (Å²) in [5, 5.41) is 8.82. The molecule has 5 nitrogen and oxygen atoms in total. The minimum atomic E-state index is -0.142. The first-order chi connectivity index (χ1) is 11.5. The molecule has 0 bridgehead atoms. The zero-order chi connectivity index (χ0) is 17.5. The molecular formula is C19H23N3O2. The minimum absolute atomic E-state index is 0.0761. The Morgan fingerprint density at radius 2 is 1.62 bits per heavy atom. The number of hydrogen-bond acceptors (Lipinski definition) is 3. The number of amides is 2. The van der Waals surface area contributed by atoms with Crippen molar-refractivity contribution in [2.75, 3.05) is 22.5 Å². The molecule has 0 saturated carbocycles. The molecule has 0 aliphatic rings. The van der Waals surface area contributed by atoms with Gasteiger partial charge in [0.2, 0.25) is 11.8 Å². The van der Waals surface area contributed by atoms with Gasteiger partial charge >= 0.3 is 0 Å². The first kappa shape index (κ1) is 17.5. The van der Waals surface area contributed by atoms with Gasteiger partial charge in [0, 0.05) is 37.0 Å². The zero-order valence-electron chi connectivity index (χ0n) is 14.3. The first-order valence-corrected chi connectivity index (χ1v) is 7.93. The lowest BCUT2D eigenvalue weighted by Crippen LogP contribution is -2.16. The summed E-state index contributed by atoms with van der Waals surface area (Å²) in [5.41, 5.74) is 4.79. The van der Waals surface area contributed by atoms with Gasteiger partial charge in [-0.1, -0.05) is 18.2 Å². The van der Waals surface area contributed by atoms with Crippen molar-refractivity contribution in [1.29, 1.82) is 0 Å². The Bertz CT molecular complexity index is 741. The molecule has 2 amide bonds. The van der Waals surface area contributed by atoms with Crippen LogP contribution in [0.3, 0.4) is 0 Å². The van der Waals surface area contributed by atoms with Crippen molar-refractivity contribution >= 4 is 28.9 Å². The monoisotopic (exact) mass is 325 g/mol. The van der Waals surface area contributed by atoms with Gasteiger partial charge < -0.3 is 16.0 Å². The molecule has 0 aliphatic heterocycles. The Morgan fingerprint density at radius 3 is 2.33 bits per heavy atom. The van der Waals surface area contributed by atoms with Crippen LogP contribution in [0.25, 0.3) is 0 Å². The third kappa shape index (κ3) is 5.12. The van der Waals surface area contributed by atoms with E-state index in [0.29, 0.717) is 24.3 Å². The van der Waals surface area contributed by atoms with Crippen LogP contribution in [0, 0.1) is 13.8 Å². The second kappa shape index (κ2) is 8.15. The minimum Gasteiger partial charge on any atom is -0.384 e. The number of carbonyl (C=O) groups excluding carboxylic acids is 2. The fourth-order valence-corrected chi connectivity index (χ4v) is 2.35. The van der Waals surface area contributed by atoms with Gasteiger partial charge in [0.05, 0.1) is 0 Å². The topological polar surface area (TPSA) is 70.2 Å². The Morgan fingerprint density at radius 1 is 0.958 bits per heavy atom. The van der Waals surface area contributed by atoms with Crippen molar-refractivity contribution in [1.82, 2.24) is 0 Å². The predicted molar refractivity (Wildman–Crippen MR) is 98.4 cm³/mol. The van der Waals surface area contributed by atoms with E-state index in [1.807, 2.05) is 12.1 Å². The van der Waals surface area contributed by atoms with Gasteiger partial charge in [0.1, 0.15) is 0 Å². The average molecular weight is 325 g/mol. The van der Waals surface area contributed by atoms with Crippen LogP contribution < -0.4 is 16.0 Å². The van der Waals surface area contributed by atoms with E-state index in [1.165, 1.54) is 18.1 Å². The summed E-state index contributed by atoms with van der Waals surface area (Å²) in [6, 6.07) is 13.2. The molecule has 0 heterocycles. The maximum absolute atomic E-state index is 12.0. The number of anilines is 3. The van der Waals surface area contributed by atoms with Crippen molar-refractivity contribution < 1.29 is 9.59 Å². The third-order valence-electron chi connectivity index (χ3n) is 3.74. The van der Waals surface area contributed by atoms with Crippen molar-refractivity contribution in [3.8, 4) is 0 Å². The summed E-state index contributed by atoms with van der Waals surface area (Å²) in [5.74, 6) is -0.219. The van der Waals surface area contributed by atoms with Gasteiger partial charge in [0.25, 0.3) is 0 Å². The molecule has 126 valence electrons. The van der Waals surface area contributed by atoms with Crippen LogP contribution in [0.1, 0.15) is 24.5 Å². The van der Waals surface area contributed by atoms with Crippen molar-refractivity contribution in [3.63, 3.8) is 0 Å². The lowest BCUT2D eigenvalue weighted by atomic mass is 10.1. The number of hydrogen-bond donors (Lipinski definition) is 3. The molecule has 2 aromatic rings. The van der Waals surface area contributed by atoms with Gasteiger partial charge in [0.15, 0.2) is 0 Å². The highest BCUT2D eigenvalue weighted by Gasteiger charge is 2.05. The van der Waals surface area contributed by atoms with Gasteiger partial charge in [-0.05, 0) is 49.2 Å². The summed E-state index contributed by atoms with van der Waals surface area (Å²) >= 11 is 0. The maximum Gasteiger partial charge on any atom is 0.226 e. The molecule has 24 heavy (non-hydrogen) atoms. The Labute approximate surface area is 142 Å². The second-order valence-electron chi connectivity index (χ2n) is 5.73. The van der Waals surface area contributed by atoms with E-state index in [-0.39, 0.29) is 11.8 Å². The molecule has 0 unspecified atom stereocenters. The van der Waals surface area contributed by atoms with Crippen LogP contribution in [-0.4, -0.2) is 18.4 Å². The summed E-state index contributed by atoms with van der Waals surface area (Å²) < 4.78 is 0. The fourth-order valence-electron chi connectivity index (χ4n) is 2.35. The van der Waals surface area contributed by atoms with Crippen molar-refractivity contribution in [2.24, 2.45) is 0 Å². The summed E-state index contributed by atoms with van der Waals surface area (Å²) in [7, 11) is 0. The Balaban J connectivity index is 1.85. The molecule has 0 spiro atoms. The maximum atomic E-state index is 12.0. The number of aryl methyl sites for hydroxylation is 1. The smallest absolute Gasteiger partial charge is 0.226 e. The molecule has 0 aliphatic carbocycles. The largest absolute Gasteiger partial charge is 0.384 e. The van der Waals surface area contributed by atoms with Crippen LogP contribution in [0.2, 0.25) is 0 Å². The lowest BCUT2D eigenvalue weighted by molar-refractivity contribution is -0.116. The summed E-state index contributed by atoms with van der Waals surface area (Å²) in [6.07, 6.45) is 0.359. The van der Waals surface area contributed by atoms with E-state index in [0.717, 1.165) is 5.69 Å². The number of rotatable bonds is 6. The standard InChI is InChI=1S/C19H23N3O2/c1-13-6-4-9-18(14(13)2)20-11-10-19(24)22-17-8-5-7-16(12-17)21-15(3)23/h4-9,12,20H,10-11H2,1-3H3,(H,21,23)(H,22,24). The van der Waals surface area contributed by atoms with Crippen LogP contribution in [-0.2, 0) is 9.59 Å². The molecule has 2 aromatic carbocycles. The van der Waals surface area contributed by atoms with Gasteiger partial charge in [-0.3, -0.25) is 9.59 Å². The number of nitrogens with one attached hydrogen (secondary N) is 3. The van der Waals surface area contributed by atoms with E-state index >= 15 is 0 Å².